The Hall–Kier alpha value is -2.69. The fourth-order valence-corrected chi connectivity index (χ4v) is 4.24. The van der Waals surface area contributed by atoms with Gasteiger partial charge in [-0.25, -0.2) is 13.1 Å². The van der Waals surface area contributed by atoms with Gasteiger partial charge in [-0.05, 0) is 43.0 Å². The van der Waals surface area contributed by atoms with E-state index in [2.05, 4.69) is 16.1 Å². The molecule has 7 heteroatoms. The molecule has 0 saturated carbocycles. The van der Waals surface area contributed by atoms with Gasteiger partial charge in [-0.15, -0.1) is 0 Å². The van der Waals surface area contributed by atoms with Crippen LogP contribution < -0.4 is 10.0 Å². The summed E-state index contributed by atoms with van der Waals surface area (Å²) in [6.07, 6.45) is 0.733. The number of hydrogen-bond donors (Lipinski definition) is 2. The standard InChI is InChI=1S/C21H23N3O3S/c1-14(2)28(26,27)24-19-11-12-20(25)23-21(19)16-9-7-15(8-10-16)18-6-4-3-5-17(18)13-22/h3-10,14,19,21,24H,11-12H2,1-2H3,(H,23,25)/t19-,21+/m0/s1. The average molecular weight is 398 g/mol. The Labute approximate surface area is 165 Å². The molecule has 0 spiro atoms. The summed E-state index contributed by atoms with van der Waals surface area (Å²) in [6, 6.07) is 16.2. The van der Waals surface area contributed by atoms with E-state index in [9.17, 15) is 18.5 Å². The Morgan fingerprint density at radius 2 is 1.82 bits per heavy atom. The number of carbonyl (C=O) groups is 1. The smallest absolute Gasteiger partial charge is 0.220 e. The summed E-state index contributed by atoms with van der Waals surface area (Å²) in [6.45, 7) is 3.25. The predicted octanol–water partition coefficient (Wildman–Crippen LogP) is 2.87. The number of nitrogens with zero attached hydrogens (tertiary/aromatic N) is 1. The van der Waals surface area contributed by atoms with Crippen molar-refractivity contribution in [3.8, 4) is 17.2 Å². The number of amides is 1. The van der Waals surface area contributed by atoms with Gasteiger partial charge in [-0.3, -0.25) is 4.79 Å². The number of piperidine rings is 1. The first-order chi connectivity index (χ1) is 13.3. The molecule has 0 radical (unpaired) electrons. The molecule has 6 nitrogen and oxygen atoms in total. The summed E-state index contributed by atoms with van der Waals surface area (Å²) >= 11 is 0. The molecule has 1 aliphatic rings. The van der Waals surface area contributed by atoms with E-state index < -0.39 is 27.4 Å². The zero-order valence-electron chi connectivity index (χ0n) is 15.8. The first-order valence-corrected chi connectivity index (χ1v) is 10.8. The van der Waals surface area contributed by atoms with Gasteiger partial charge in [0.2, 0.25) is 15.9 Å². The molecule has 0 unspecified atom stereocenters. The second-order valence-corrected chi connectivity index (χ2v) is 9.45. The number of benzene rings is 2. The number of hydrogen-bond acceptors (Lipinski definition) is 4. The lowest BCUT2D eigenvalue weighted by molar-refractivity contribution is -0.123. The number of sulfonamides is 1. The van der Waals surface area contributed by atoms with Crippen LogP contribution in [0.5, 0.6) is 0 Å². The third kappa shape index (κ3) is 4.24. The van der Waals surface area contributed by atoms with Gasteiger partial charge in [-0.1, -0.05) is 42.5 Å². The maximum absolute atomic E-state index is 12.3. The molecule has 0 aliphatic carbocycles. The van der Waals surface area contributed by atoms with Gasteiger partial charge >= 0.3 is 0 Å². The van der Waals surface area contributed by atoms with E-state index >= 15 is 0 Å². The largest absolute Gasteiger partial charge is 0.348 e. The molecule has 1 fully saturated rings. The van der Waals surface area contributed by atoms with Gasteiger partial charge in [0.25, 0.3) is 0 Å². The van der Waals surface area contributed by atoms with Crippen LogP contribution in [0.2, 0.25) is 0 Å². The third-order valence-corrected chi connectivity index (χ3v) is 6.84. The molecule has 1 saturated heterocycles. The van der Waals surface area contributed by atoms with Crippen LogP contribution >= 0.6 is 0 Å². The number of rotatable bonds is 5. The molecule has 1 heterocycles. The number of nitrogens with one attached hydrogen (secondary N) is 2. The molecule has 0 bridgehead atoms. The molecular weight excluding hydrogens is 374 g/mol. The van der Waals surface area contributed by atoms with E-state index in [4.69, 9.17) is 0 Å². The summed E-state index contributed by atoms with van der Waals surface area (Å²) in [5.41, 5.74) is 3.13. The molecule has 2 N–H and O–H groups in total. The Morgan fingerprint density at radius 3 is 2.46 bits per heavy atom. The first kappa shape index (κ1) is 20.1. The summed E-state index contributed by atoms with van der Waals surface area (Å²) in [7, 11) is -3.45. The Bertz CT molecular complexity index is 1010. The van der Waals surface area contributed by atoms with E-state index in [0.717, 1.165) is 16.7 Å². The van der Waals surface area contributed by atoms with Crippen LogP contribution in [0.3, 0.4) is 0 Å². The quantitative estimate of drug-likeness (QED) is 0.810. The predicted molar refractivity (Wildman–Crippen MR) is 108 cm³/mol. The van der Waals surface area contributed by atoms with E-state index in [0.29, 0.717) is 12.0 Å². The Balaban J connectivity index is 1.89. The van der Waals surface area contributed by atoms with Crippen LogP contribution in [0.4, 0.5) is 0 Å². The Morgan fingerprint density at radius 1 is 1.14 bits per heavy atom. The highest BCUT2D eigenvalue weighted by Crippen LogP contribution is 2.29. The van der Waals surface area contributed by atoms with E-state index in [1.165, 1.54) is 0 Å². The summed E-state index contributed by atoms with van der Waals surface area (Å²) in [4.78, 5) is 11.9. The van der Waals surface area contributed by atoms with Gasteiger partial charge in [-0.2, -0.15) is 5.26 Å². The third-order valence-electron chi connectivity index (χ3n) is 4.97. The minimum absolute atomic E-state index is 0.0936. The van der Waals surface area contributed by atoms with E-state index in [1.807, 2.05) is 42.5 Å². The van der Waals surface area contributed by atoms with Crippen LogP contribution in [-0.4, -0.2) is 25.6 Å². The molecule has 2 atom stereocenters. The van der Waals surface area contributed by atoms with Gasteiger partial charge in [0, 0.05) is 12.5 Å². The fraction of sp³-hybridized carbons (Fsp3) is 0.333. The summed E-state index contributed by atoms with van der Waals surface area (Å²) < 4.78 is 27.4. The molecule has 2 aromatic rings. The zero-order valence-corrected chi connectivity index (χ0v) is 16.7. The minimum Gasteiger partial charge on any atom is -0.348 e. The van der Waals surface area contributed by atoms with Gasteiger partial charge in [0.1, 0.15) is 0 Å². The second-order valence-electron chi connectivity index (χ2n) is 7.18. The molecule has 146 valence electrons. The van der Waals surface area contributed by atoms with Crippen molar-refractivity contribution in [1.82, 2.24) is 10.0 Å². The monoisotopic (exact) mass is 397 g/mol. The van der Waals surface area contributed by atoms with Crippen LogP contribution in [0, 0.1) is 11.3 Å². The van der Waals surface area contributed by atoms with Crippen molar-refractivity contribution in [1.29, 1.82) is 5.26 Å². The van der Waals surface area contributed by atoms with Crippen molar-refractivity contribution in [3.63, 3.8) is 0 Å². The van der Waals surface area contributed by atoms with Crippen LogP contribution in [-0.2, 0) is 14.8 Å². The topological polar surface area (TPSA) is 99.1 Å². The molecule has 3 rings (SSSR count). The van der Waals surface area contributed by atoms with Crippen molar-refractivity contribution in [2.45, 2.75) is 44.0 Å². The highest BCUT2D eigenvalue weighted by atomic mass is 32.2. The molecule has 28 heavy (non-hydrogen) atoms. The molecule has 0 aromatic heterocycles. The minimum atomic E-state index is -3.45. The molecule has 1 aliphatic heterocycles. The zero-order chi connectivity index (χ0) is 20.3. The summed E-state index contributed by atoms with van der Waals surface area (Å²) in [5, 5.41) is 11.7. The number of nitriles is 1. The lowest BCUT2D eigenvalue weighted by Crippen LogP contribution is -2.51. The van der Waals surface area contributed by atoms with Crippen LogP contribution in [0.25, 0.3) is 11.1 Å². The van der Waals surface area contributed by atoms with Crippen molar-refractivity contribution >= 4 is 15.9 Å². The van der Waals surface area contributed by atoms with Crippen LogP contribution in [0.1, 0.15) is 43.9 Å². The van der Waals surface area contributed by atoms with Crippen LogP contribution in [0.15, 0.2) is 48.5 Å². The van der Waals surface area contributed by atoms with Gasteiger partial charge < -0.3 is 5.32 Å². The van der Waals surface area contributed by atoms with Crippen molar-refractivity contribution < 1.29 is 13.2 Å². The van der Waals surface area contributed by atoms with Gasteiger partial charge in [0.15, 0.2) is 0 Å². The fourth-order valence-electron chi connectivity index (χ4n) is 3.29. The highest BCUT2D eigenvalue weighted by Gasteiger charge is 2.33. The van der Waals surface area contributed by atoms with Gasteiger partial charge in [0.05, 0.1) is 22.9 Å². The van der Waals surface area contributed by atoms with E-state index in [-0.39, 0.29) is 12.3 Å². The SMILES string of the molecule is CC(C)S(=O)(=O)N[C@H]1CCC(=O)N[C@@H]1c1ccc(-c2ccccc2C#N)cc1. The molecular formula is C21H23N3O3S. The maximum atomic E-state index is 12.3. The molecule has 2 aromatic carbocycles. The van der Waals surface area contributed by atoms with E-state index in [1.54, 1.807) is 19.9 Å². The second kappa shape index (κ2) is 8.13. The van der Waals surface area contributed by atoms with Crippen molar-refractivity contribution in [3.05, 3.63) is 59.7 Å². The lowest BCUT2D eigenvalue weighted by atomic mass is 9.91. The summed E-state index contributed by atoms with van der Waals surface area (Å²) in [5.74, 6) is -0.0936. The molecule has 1 amide bonds. The lowest BCUT2D eigenvalue weighted by Gasteiger charge is -2.33. The highest BCUT2D eigenvalue weighted by molar-refractivity contribution is 7.90. The number of carbonyl (C=O) groups excluding carboxylic acids is 1. The first-order valence-electron chi connectivity index (χ1n) is 9.22. The Kier molecular flexibility index (Phi) is 5.82. The average Bonchev–Trinajstić information content (AvgIpc) is 2.69. The van der Waals surface area contributed by atoms with Crippen molar-refractivity contribution in [2.75, 3.05) is 0 Å². The maximum Gasteiger partial charge on any atom is 0.220 e. The van der Waals surface area contributed by atoms with Crippen molar-refractivity contribution in [2.24, 2.45) is 0 Å². The normalized spacial score (nSPS) is 19.9.